The summed E-state index contributed by atoms with van der Waals surface area (Å²) < 4.78 is 9.73. The smallest absolute Gasteiger partial charge is 0.355 e. The molecule has 1 heterocycles. The summed E-state index contributed by atoms with van der Waals surface area (Å²) in [5.74, 6) is -1.72. The maximum atomic E-state index is 13.2. The fourth-order valence-electron chi connectivity index (χ4n) is 2.98. The van der Waals surface area contributed by atoms with Crippen molar-refractivity contribution in [2.45, 2.75) is 0 Å². The predicted octanol–water partition coefficient (Wildman–Crippen LogP) is 4.06. The zero-order valence-electron chi connectivity index (χ0n) is 16.3. The normalized spacial score (nSPS) is 13.1. The van der Waals surface area contributed by atoms with Crippen molar-refractivity contribution in [3.8, 4) is 0 Å². The molecule has 0 saturated heterocycles. The van der Waals surface area contributed by atoms with Crippen molar-refractivity contribution in [3.63, 3.8) is 0 Å². The summed E-state index contributed by atoms with van der Waals surface area (Å²) in [6, 6.07) is 13.3. The molecule has 1 aliphatic rings. The second-order valence-corrected chi connectivity index (χ2v) is 6.61. The number of anilines is 1. The van der Waals surface area contributed by atoms with E-state index < -0.39 is 11.9 Å². The van der Waals surface area contributed by atoms with E-state index in [1.165, 1.54) is 25.2 Å². The number of benzene rings is 2. The molecule has 2 aromatic carbocycles. The standard InChI is InChI=1S/C23H18ClNO5/c1-29-22(27)18-8-5-6-14-25(20(18)23(28)30-2)19-9-4-3-7-17(19)21(26)15-10-12-16(24)13-11-15/h3-14H,1-2H3. The summed E-state index contributed by atoms with van der Waals surface area (Å²) >= 11 is 5.93. The molecule has 0 radical (unpaired) electrons. The Bertz CT molecular complexity index is 1080. The first-order valence-electron chi connectivity index (χ1n) is 8.92. The van der Waals surface area contributed by atoms with E-state index in [-0.39, 0.29) is 17.1 Å². The largest absolute Gasteiger partial charge is 0.465 e. The van der Waals surface area contributed by atoms with Crippen LogP contribution in [0.5, 0.6) is 0 Å². The monoisotopic (exact) mass is 423 g/mol. The van der Waals surface area contributed by atoms with Crippen LogP contribution in [0.2, 0.25) is 5.02 Å². The molecule has 1 aliphatic heterocycles. The third kappa shape index (κ3) is 4.18. The Labute approximate surface area is 178 Å². The number of allylic oxidation sites excluding steroid dienone is 2. The van der Waals surface area contributed by atoms with Crippen molar-refractivity contribution in [1.29, 1.82) is 0 Å². The molecule has 0 amide bonds. The van der Waals surface area contributed by atoms with E-state index in [4.69, 9.17) is 21.1 Å². The number of methoxy groups -OCH3 is 2. The fourth-order valence-corrected chi connectivity index (χ4v) is 3.11. The molecule has 6 nitrogen and oxygen atoms in total. The molecule has 0 spiro atoms. The molecule has 0 aliphatic carbocycles. The number of carbonyl (C=O) groups excluding carboxylic acids is 3. The van der Waals surface area contributed by atoms with Gasteiger partial charge in [0.25, 0.3) is 0 Å². The Kier molecular flexibility index (Phi) is 6.49. The Morgan fingerprint density at radius 2 is 1.53 bits per heavy atom. The van der Waals surface area contributed by atoms with Crippen LogP contribution >= 0.6 is 11.6 Å². The highest BCUT2D eigenvalue weighted by Gasteiger charge is 2.29. The molecule has 0 saturated carbocycles. The summed E-state index contributed by atoms with van der Waals surface area (Å²) in [6.45, 7) is 0. The van der Waals surface area contributed by atoms with Crippen LogP contribution in [0.25, 0.3) is 0 Å². The highest BCUT2D eigenvalue weighted by Crippen LogP contribution is 2.30. The number of hydrogen-bond acceptors (Lipinski definition) is 6. The van der Waals surface area contributed by atoms with E-state index in [0.717, 1.165) is 0 Å². The van der Waals surface area contributed by atoms with Crippen molar-refractivity contribution in [1.82, 2.24) is 0 Å². The second kappa shape index (κ2) is 9.24. The number of ketones is 1. The third-order valence-electron chi connectivity index (χ3n) is 4.40. The third-order valence-corrected chi connectivity index (χ3v) is 4.66. The first-order chi connectivity index (χ1) is 14.5. The summed E-state index contributed by atoms with van der Waals surface area (Å²) in [5.41, 5.74) is 1.10. The minimum absolute atomic E-state index is 0.00287. The van der Waals surface area contributed by atoms with E-state index >= 15 is 0 Å². The lowest BCUT2D eigenvalue weighted by Gasteiger charge is -2.25. The maximum Gasteiger partial charge on any atom is 0.355 e. The zero-order valence-corrected chi connectivity index (χ0v) is 17.1. The molecule has 0 N–H and O–H groups in total. The number of esters is 2. The van der Waals surface area contributed by atoms with Gasteiger partial charge in [-0.2, -0.15) is 0 Å². The predicted molar refractivity (Wildman–Crippen MR) is 113 cm³/mol. The van der Waals surface area contributed by atoms with Crippen LogP contribution in [-0.2, 0) is 19.1 Å². The van der Waals surface area contributed by atoms with E-state index in [1.54, 1.807) is 66.9 Å². The van der Waals surface area contributed by atoms with Crippen LogP contribution in [0.4, 0.5) is 5.69 Å². The molecule has 7 heteroatoms. The second-order valence-electron chi connectivity index (χ2n) is 6.17. The highest BCUT2D eigenvalue weighted by atomic mass is 35.5. The number of halogens is 1. The lowest BCUT2D eigenvalue weighted by molar-refractivity contribution is -0.139. The molecule has 0 atom stereocenters. The molecule has 0 aromatic heterocycles. The zero-order chi connectivity index (χ0) is 21.7. The Morgan fingerprint density at radius 1 is 0.867 bits per heavy atom. The van der Waals surface area contributed by atoms with Crippen molar-refractivity contribution < 1.29 is 23.9 Å². The molecule has 3 rings (SSSR count). The topological polar surface area (TPSA) is 72.9 Å². The Morgan fingerprint density at radius 3 is 2.20 bits per heavy atom. The van der Waals surface area contributed by atoms with E-state index in [1.807, 2.05) is 0 Å². The average molecular weight is 424 g/mol. The SMILES string of the molecule is COC(=O)C1=C(C(=O)OC)N(c2ccccc2C(=O)c2ccc(Cl)cc2)C=CC=C1. The quantitative estimate of drug-likeness (QED) is 0.533. The van der Waals surface area contributed by atoms with Crippen molar-refractivity contribution >= 4 is 35.0 Å². The van der Waals surface area contributed by atoms with Gasteiger partial charge in [0.05, 0.1) is 25.5 Å². The molecule has 0 unspecified atom stereocenters. The number of hydrogen-bond donors (Lipinski definition) is 0. The van der Waals surface area contributed by atoms with Gasteiger partial charge >= 0.3 is 11.9 Å². The number of para-hydroxylation sites is 1. The van der Waals surface area contributed by atoms with Crippen molar-refractivity contribution in [2.75, 3.05) is 19.1 Å². The summed E-state index contributed by atoms with van der Waals surface area (Å²) in [4.78, 5) is 39.6. The van der Waals surface area contributed by atoms with Crippen molar-refractivity contribution in [3.05, 3.63) is 100 Å². The van der Waals surface area contributed by atoms with Gasteiger partial charge in [-0.05, 0) is 48.6 Å². The minimum Gasteiger partial charge on any atom is -0.465 e. The summed E-state index contributed by atoms with van der Waals surface area (Å²) in [6.07, 6.45) is 6.27. The fraction of sp³-hybridized carbons (Fsp3) is 0.0870. The van der Waals surface area contributed by atoms with Crippen LogP contribution in [0, 0.1) is 0 Å². The van der Waals surface area contributed by atoms with Gasteiger partial charge in [-0.3, -0.25) is 4.79 Å². The first kappa shape index (κ1) is 21.1. The van der Waals surface area contributed by atoms with Gasteiger partial charge in [0, 0.05) is 22.3 Å². The van der Waals surface area contributed by atoms with Crippen LogP contribution in [0.3, 0.4) is 0 Å². The molecule has 0 fully saturated rings. The summed E-state index contributed by atoms with van der Waals surface area (Å²) in [5, 5.41) is 0.514. The van der Waals surface area contributed by atoms with Crippen LogP contribution in [-0.4, -0.2) is 31.9 Å². The molecule has 0 bridgehead atoms. The van der Waals surface area contributed by atoms with Gasteiger partial charge in [0.2, 0.25) is 0 Å². The lowest BCUT2D eigenvalue weighted by atomic mass is 10.0. The molecule has 30 heavy (non-hydrogen) atoms. The van der Waals surface area contributed by atoms with Gasteiger partial charge < -0.3 is 14.4 Å². The Balaban J connectivity index is 2.18. The average Bonchev–Trinajstić information content (AvgIpc) is 3.01. The van der Waals surface area contributed by atoms with Gasteiger partial charge in [-0.1, -0.05) is 29.8 Å². The molecular formula is C23H18ClNO5. The highest BCUT2D eigenvalue weighted by molar-refractivity contribution is 6.30. The molecular weight excluding hydrogens is 406 g/mol. The van der Waals surface area contributed by atoms with E-state index in [2.05, 4.69) is 0 Å². The van der Waals surface area contributed by atoms with Gasteiger partial charge in [-0.15, -0.1) is 0 Å². The van der Waals surface area contributed by atoms with Gasteiger partial charge in [0.1, 0.15) is 5.70 Å². The van der Waals surface area contributed by atoms with Crippen LogP contribution in [0.15, 0.2) is 84.2 Å². The van der Waals surface area contributed by atoms with E-state index in [0.29, 0.717) is 21.8 Å². The van der Waals surface area contributed by atoms with Gasteiger partial charge in [0.15, 0.2) is 5.78 Å². The number of ether oxygens (including phenoxy) is 2. The van der Waals surface area contributed by atoms with Crippen LogP contribution in [0.1, 0.15) is 15.9 Å². The number of carbonyl (C=O) groups is 3. The lowest BCUT2D eigenvalue weighted by Crippen LogP contribution is -2.28. The van der Waals surface area contributed by atoms with Crippen LogP contribution < -0.4 is 4.90 Å². The number of rotatable bonds is 5. The van der Waals surface area contributed by atoms with E-state index in [9.17, 15) is 14.4 Å². The molecule has 152 valence electrons. The minimum atomic E-state index is -0.750. The first-order valence-corrected chi connectivity index (χ1v) is 9.30. The maximum absolute atomic E-state index is 13.2. The Hall–Kier alpha value is -3.64. The van der Waals surface area contributed by atoms with Gasteiger partial charge in [-0.25, -0.2) is 9.59 Å². The molecule has 2 aromatic rings. The number of nitrogens with zero attached hydrogens (tertiary/aromatic N) is 1. The van der Waals surface area contributed by atoms with Crippen molar-refractivity contribution in [2.24, 2.45) is 0 Å². The summed E-state index contributed by atoms with van der Waals surface area (Å²) in [7, 11) is 2.43.